The first-order chi connectivity index (χ1) is 8.24. The second kappa shape index (κ2) is 5.89. The monoisotopic (exact) mass is 274 g/mol. The zero-order valence-corrected chi connectivity index (χ0v) is 11.3. The lowest BCUT2D eigenvalue weighted by Crippen LogP contribution is -2.39. The molecule has 1 atom stereocenters. The van der Waals surface area contributed by atoms with Gasteiger partial charge in [0.15, 0.2) is 0 Å². The minimum Gasteiger partial charge on any atom is -0.380 e. The number of piperidine rings is 1. The van der Waals surface area contributed by atoms with Crippen molar-refractivity contribution in [3.63, 3.8) is 0 Å². The van der Waals surface area contributed by atoms with E-state index in [1.54, 1.807) is 7.11 Å². The molecule has 0 amide bonds. The van der Waals surface area contributed by atoms with Gasteiger partial charge in [-0.15, -0.1) is 11.6 Å². The highest BCUT2D eigenvalue weighted by Crippen LogP contribution is 2.23. The predicted octanol–water partition coefficient (Wildman–Crippen LogP) is 3.09. The minimum atomic E-state index is 0.292. The quantitative estimate of drug-likeness (QED) is 0.793. The lowest BCUT2D eigenvalue weighted by atomic mass is 10.1. The van der Waals surface area contributed by atoms with Crippen LogP contribution in [0.4, 0.5) is 5.82 Å². The van der Waals surface area contributed by atoms with Crippen LogP contribution in [0.3, 0.4) is 0 Å². The molecular weight excluding hydrogens is 259 g/mol. The molecule has 0 bridgehead atoms. The third-order valence-electron chi connectivity index (χ3n) is 3.07. The molecule has 0 radical (unpaired) electrons. The van der Waals surface area contributed by atoms with E-state index in [-0.39, 0.29) is 0 Å². The Morgan fingerprint density at radius 1 is 1.53 bits per heavy atom. The van der Waals surface area contributed by atoms with Crippen molar-refractivity contribution in [2.75, 3.05) is 25.1 Å². The Balaban J connectivity index is 2.16. The first-order valence-corrected chi connectivity index (χ1v) is 6.65. The van der Waals surface area contributed by atoms with Gasteiger partial charge in [-0.05, 0) is 25.0 Å². The molecule has 2 rings (SSSR count). The Labute approximate surface area is 112 Å². The van der Waals surface area contributed by atoms with E-state index in [4.69, 9.17) is 27.9 Å². The molecule has 1 unspecified atom stereocenters. The van der Waals surface area contributed by atoms with E-state index >= 15 is 0 Å². The van der Waals surface area contributed by atoms with E-state index in [2.05, 4.69) is 9.88 Å². The van der Waals surface area contributed by atoms with Gasteiger partial charge in [-0.2, -0.15) is 0 Å². The molecule has 0 spiro atoms. The lowest BCUT2D eigenvalue weighted by Gasteiger charge is -2.33. The van der Waals surface area contributed by atoms with Crippen LogP contribution in [0.2, 0.25) is 5.02 Å². The summed E-state index contributed by atoms with van der Waals surface area (Å²) in [5, 5.41) is 0.629. The maximum atomic E-state index is 6.00. The molecule has 0 aromatic carbocycles. The Morgan fingerprint density at radius 3 is 3.06 bits per heavy atom. The van der Waals surface area contributed by atoms with E-state index in [1.807, 2.05) is 12.1 Å². The fourth-order valence-corrected chi connectivity index (χ4v) is 2.53. The molecule has 2 heterocycles. The van der Waals surface area contributed by atoms with Gasteiger partial charge in [-0.1, -0.05) is 11.6 Å². The maximum Gasteiger partial charge on any atom is 0.129 e. The summed E-state index contributed by atoms with van der Waals surface area (Å²) in [5.74, 6) is 1.28. The predicted molar refractivity (Wildman–Crippen MR) is 71.0 cm³/mol. The summed E-state index contributed by atoms with van der Waals surface area (Å²) in [6, 6.07) is 3.80. The summed E-state index contributed by atoms with van der Waals surface area (Å²) in [5.41, 5.74) is 0.741. The van der Waals surface area contributed by atoms with Crippen molar-refractivity contribution in [1.29, 1.82) is 0 Å². The highest BCUT2D eigenvalue weighted by Gasteiger charge is 2.20. The number of nitrogens with zero attached hydrogens (tertiary/aromatic N) is 2. The molecule has 1 aromatic rings. The van der Waals surface area contributed by atoms with Crippen molar-refractivity contribution < 1.29 is 4.74 Å². The largest absolute Gasteiger partial charge is 0.380 e. The third kappa shape index (κ3) is 3.03. The number of pyridine rings is 1. The summed E-state index contributed by atoms with van der Waals surface area (Å²) < 4.78 is 5.40. The molecule has 1 aliphatic heterocycles. The molecule has 1 aromatic heterocycles. The number of aromatic nitrogens is 1. The van der Waals surface area contributed by atoms with E-state index in [9.17, 15) is 0 Å². The molecule has 94 valence electrons. The standard InChI is InChI=1S/C12H16Cl2N2O/c1-17-9-3-2-6-16(8-9)12-5-4-10(14)11(7-13)15-12/h4-5,9H,2-3,6-8H2,1H3. The summed E-state index contributed by atoms with van der Waals surface area (Å²) in [6.45, 7) is 1.89. The van der Waals surface area contributed by atoms with E-state index in [0.717, 1.165) is 37.4 Å². The van der Waals surface area contributed by atoms with E-state index in [1.165, 1.54) is 0 Å². The van der Waals surface area contributed by atoms with Gasteiger partial charge >= 0.3 is 0 Å². The number of hydrogen-bond donors (Lipinski definition) is 0. The Kier molecular flexibility index (Phi) is 4.48. The van der Waals surface area contributed by atoms with Gasteiger partial charge < -0.3 is 9.64 Å². The second-order valence-electron chi connectivity index (χ2n) is 4.18. The molecule has 1 saturated heterocycles. The topological polar surface area (TPSA) is 25.4 Å². The van der Waals surface area contributed by atoms with Gasteiger partial charge in [0, 0.05) is 20.2 Å². The summed E-state index contributed by atoms with van der Waals surface area (Å²) in [4.78, 5) is 6.72. The first kappa shape index (κ1) is 12.9. The molecule has 5 heteroatoms. The van der Waals surface area contributed by atoms with Crippen molar-refractivity contribution in [1.82, 2.24) is 4.98 Å². The Bertz CT molecular complexity index is 387. The average molecular weight is 275 g/mol. The highest BCUT2D eigenvalue weighted by molar-refractivity contribution is 6.32. The molecular formula is C12H16Cl2N2O. The van der Waals surface area contributed by atoms with Gasteiger partial charge in [0.05, 0.1) is 22.7 Å². The molecule has 3 nitrogen and oxygen atoms in total. The van der Waals surface area contributed by atoms with Crippen LogP contribution in [0.5, 0.6) is 0 Å². The number of methoxy groups -OCH3 is 1. The van der Waals surface area contributed by atoms with E-state index in [0.29, 0.717) is 17.0 Å². The molecule has 17 heavy (non-hydrogen) atoms. The van der Waals surface area contributed by atoms with Crippen LogP contribution >= 0.6 is 23.2 Å². The van der Waals surface area contributed by atoms with Crippen molar-refractivity contribution in [3.05, 3.63) is 22.8 Å². The van der Waals surface area contributed by atoms with Crippen LogP contribution in [-0.2, 0) is 10.6 Å². The Morgan fingerprint density at radius 2 is 2.35 bits per heavy atom. The first-order valence-electron chi connectivity index (χ1n) is 5.73. The van der Waals surface area contributed by atoms with Crippen LogP contribution in [0.15, 0.2) is 12.1 Å². The smallest absolute Gasteiger partial charge is 0.129 e. The van der Waals surface area contributed by atoms with Gasteiger partial charge in [-0.25, -0.2) is 4.98 Å². The molecule has 1 fully saturated rings. The van der Waals surface area contributed by atoms with E-state index < -0.39 is 0 Å². The third-order valence-corrected chi connectivity index (χ3v) is 3.66. The van der Waals surface area contributed by atoms with Crippen LogP contribution < -0.4 is 4.90 Å². The van der Waals surface area contributed by atoms with Gasteiger partial charge in [0.2, 0.25) is 0 Å². The Hall–Kier alpha value is -0.510. The zero-order chi connectivity index (χ0) is 12.3. The SMILES string of the molecule is COC1CCCN(c2ccc(Cl)c(CCl)n2)C1. The highest BCUT2D eigenvalue weighted by atomic mass is 35.5. The fraction of sp³-hybridized carbons (Fsp3) is 0.583. The molecule has 0 N–H and O–H groups in total. The number of hydrogen-bond acceptors (Lipinski definition) is 3. The lowest BCUT2D eigenvalue weighted by molar-refractivity contribution is 0.0891. The average Bonchev–Trinajstić information content (AvgIpc) is 2.39. The van der Waals surface area contributed by atoms with Crippen LogP contribution in [-0.4, -0.2) is 31.3 Å². The normalized spacial score (nSPS) is 20.6. The van der Waals surface area contributed by atoms with Crippen LogP contribution in [0.25, 0.3) is 0 Å². The summed E-state index contributed by atoms with van der Waals surface area (Å²) in [7, 11) is 1.76. The number of rotatable bonds is 3. The van der Waals surface area contributed by atoms with Crippen LogP contribution in [0, 0.1) is 0 Å². The zero-order valence-electron chi connectivity index (χ0n) is 9.83. The number of alkyl halides is 1. The van der Waals surface area contributed by atoms with Crippen LogP contribution in [0.1, 0.15) is 18.5 Å². The van der Waals surface area contributed by atoms with Crippen molar-refractivity contribution in [2.45, 2.75) is 24.8 Å². The minimum absolute atomic E-state index is 0.292. The van der Waals surface area contributed by atoms with Crippen molar-refractivity contribution in [3.8, 4) is 0 Å². The number of halogens is 2. The number of anilines is 1. The van der Waals surface area contributed by atoms with Gasteiger partial charge in [-0.3, -0.25) is 0 Å². The second-order valence-corrected chi connectivity index (χ2v) is 4.85. The number of ether oxygens (including phenoxy) is 1. The summed E-state index contributed by atoms with van der Waals surface area (Å²) in [6.07, 6.45) is 2.53. The van der Waals surface area contributed by atoms with Gasteiger partial charge in [0.1, 0.15) is 5.82 Å². The maximum absolute atomic E-state index is 6.00. The summed E-state index contributed by atoms with van der Waals surface area (Å²) >= 11 is 11.8. The van der Waals surface area contributed by atoms with Crippen molar-refractivity contribution in [2.24, 2.45) is 0 Å². The van der Waals surface area contributed by atoms with Gasteiger partial charge in [0.25, 0.3) is 0 Å². The fourth-order valence-electron chi connectivity index (χ4n) is 2.08. The molecule has 1 aliphatic rings. The molecule has 0 aliphatic carbocycles. The molecule has 0 saturated carbocycles. The van der Waals surface area contributed by atoms with Crippen molar-refractivity contribution >= 4 is 29.0 Å².